The molecule has 0 aliphatic carbocycles. The van der Waals surface area contributed by atoms with E-state index in [9.17, 15) is 14.4 Å². The lowest BCUT2D eigenvalue weighted by Gasteiger charge is -2.12. The van der Waals surface area contributed by atoms with Crippen molar-refractivity contribution < 1.29 is 24.0 Å². The lowest BCUT2D eigenvalue weighted by atomic mass is 10.1. The van der Waals surface area contributed by atoms with Crippen molar-refractivity contribution in [1.29, 1.82) is 0 Å². The second-order valence-electron chi connectivity index (χ2n) is 6.09. The molecule has 4 rings (SSSR count). The minimum atomic E-state index is -0.809. The molecule has 7 heteroatoms. The van der Waals surface area contributed by atoms with Gasteiger partial charge in [-0.2, -0.15) is 0 Å². The van der Waals surface area contributed by atoms with Gasteiger partial charge in [0.05, 0.1) is 17.7 Å². The quantitative estimate of drug-likeness (QED) is 0.718. The van der Waals surface area contributed by atoms with Crippen LogP contribution in [0.2, 0.25) is 0 Å². The van der Waals surface area contributed by atoms with Crippen LogP contribution in [0.1, 0.15) is 43.7 Å². The third-order valence-corrected chi connectivity index (χ3v) is 4.48. The van der Waals surface area contributed by atoms with Gasteiger partial charge in [-0.3, -0.25) is 9.59 Å². The van der Waals surface area contributed by atoms with E-state index in [-0.39, 0.29) is 16.8 Å². The number of fused-ring (bicyclic) bond motifs is 2. The fraction of sp³-hybridized carbons (Fsp3) is 0.150. The molecule has 0 bridgehead atoms. The molecule has 0 fully saturated rings. The highest BCUT2D eigenvalue weighted by Crippen LogP contribution is 2.28. The number of imide groups is 1. The Morgan fingerprint density at radius 3 is 2.37 bits per heavy atom. The average Bonchev–Trinajstić information content (AvgIpc) is 3.12. The Morgan fingerprint density at radius 1 is 1.07 bits per heavy atom. The number of rotatable bonds is 4. The molecule has 1 N–H and O–H groups in total. The number of hydroxylamine groups is 2. The Morgan fingerprint density at radius 2 is 1.74 bits per heavy atom. The number of hydrogen-bond acceptors (Lipinski definition) is 5. The van der Waals surface area contributed by atoms with Crippen LogP contribution in [0.5, 0.6) is 5.75 Å². The standard InChI is InChI=1S/C20H16N2O5/c1-3-26-12-8-9-16-15(10-12)11(2)17(21-16)20(25)27-22-18(23)13-6-4-5-7-14(13)19(22)24/h4-10,21H,3H2,1-2H3. The largest absolute Gasteiger partial charge is 0.494 e. The van der Waals surface area contributed by atoms with Gasteiger partial charge in [0, 0.05) is 10.9 Å². The first kappa shape index (κ1) is 16.8. The van der Waals surface area contributed by atoms with Gasteiger partial charge >= 0.3 is 5.97 Å². The van der Waals surface area contributed by atoms with Crippen molar-refractivity contribution in [3.8, 4) is 5.75 Å². The Balaban J connectivity index is 1.63. The van der Waals surface area contributed by atoms with Gasteiger partial charge in [0.1, 0.15) is 11.4 Å². The maximum atomic E-state index is 12.6. The summed E-state index contributed by atoms with van der Waals surface area (Å²) in [6.07, 6.45) is 0. The van der Waals surface area contributed by atoms with Crippen LogP contribution in [0, 0.1) is 6.92 Å². The highest BCUT2D eigenvalue weighted by atomic mass is 16.7. The van der Waals surface area contributed by atoms with Crippen LogP contribution in [0.25, 0.3) is 10.9 Å². The summed E-state index contributed by atoms with van der Waals surface area (Å²) in [6, 6.07) is 11.7. The van der Waals surface area contributed by atoms with Gasteiger partial charge in [-0.25, -0.2) is 4.79 Å². The molecule has 0 radical (unpaired) electrons. The molecule has 136 valence electrons. The maximum Gasteiger partial charge on any atom is 0.380 e. The number of H-pyrrole nitrogens is 1. The van der Waals surface area contributed by atoms with Gasteiger partial charge in [0.25, 0.3) is 11.8 Å². The second-order valence-corrected chi connectivity index (χ2v) is 6.09. The van der Waals surface area contributed by atoms with Gasteiger partial charge in [0.15, 0.2) is 0 Å². The molecule has 7 nitrogen and oxygen atoms in total. The van der Waals surface area contributed by atoms with Crippen LogP contribution in [-0.2, 0) is 4.84 Å². The van der Waals surface area contributed by atoms with Gasteiger partial charge in [0.2, 0.25) is 0 Å². The van der Waals surface area contributed by atoms with E-state index in [4.69, 9.17) is 9.57 Å². The molecule has 2 aromatic carbocycles. The van der Waals surface area contributed by atoms with Crippen LogP contribution in [0.3, 0.4) is 0 Å². The molecule has 1 aliphatic rings. The fourth-order valence-corrected chi connectivity index (χ4v) is 3.14. The van der Waals surface area contributed by atoms with Crippen LogP contribution in [0.4, 0.5) is 0 Å². The summed E-state index contributed by atoms with van der Waals surface area (Å²) in [4.78, 5) is 45.4. The van der Waals surface area contributed by atoms with Gasteiger partial charge in [-0.1, -0.05) is 17.2 Å². The third-order valence-electron chi connectivity index (χ3n) is 4.48. The molecular formula is C20H16N2O5. The predicted molar refractivity (Wildman–Crippen MR) is 96.6 cm³/mol. The van der Waals surface area contributed by atoms with E-state index in [2.05, 4.69) is 4.98 Å². The summed E-state index contributed by atoms with van der Waals surface area (Å²) in [7, 11) is 0. The zero-order valence-electron chi connectivity index (χ0n) is 14.7. The van der Waals surface area contributed by atoms with E-state index >= 15 is 0 Å². The third kappa shape index (κ3) is 2.64. The number of aromatic amines is 1. The zero-order valence-corrected chi connectivity index (χ0v) is 14.7. The maximum absolute atomic E-state index is 12.6. The number of benzene rings is 2. The minimum absolute atomic E-state index is 0.176. The fourth-order valence-electron chi connectivity index (χ4n) is 3.14. The summed E-state index contributed by atoms with van der Waals surface area (Å²) < 4.78 is 5.48. The number of ether oxygens (including phenoxy) is 1. The lowest BCUT2D eigenvalue weighted by molar-refractivity contribution is -0.0588. The average molecular weight is 364 g/mol. The van der Waals surface area contributed by atoms with Crippen LogP contribution >= 0.6 is 0 Å². The number of carbonyl (C=O) groups is 3. The number of aromatic nitrogens is 1. The summed E-state index contributed by atoms with van der Waals surface area (Å²) in [5, 5.41) is 1.30. The van der Waals surface area contributed by atoms with E-state index < -0.39 is 17.8 Å². The number of hydrogen-bond donors (Lipinski definition) is 1. The Labute approximate surface area is 154 Å². The molecule has 2 heterocycles. The van der Waals surface area contributed by atoms with E-state index in [1.54, 1.807) is 31.2 Å². The van der Waals surface area contributed by atoms with Crippen LogP contribution in [-0.4, -0.2) is 34.4 Å². The first-order valence-corrected chi connectivity index (χ1v) is 8.46. The number of aryl methyl sites for hydroxylation is 1. The van der Waals surface area contributed by atoms with E-state index in [0.29, 0.717) is 23.0 Å². The molecule has 1 aliphatic heterocycles. The van der Waals surface area contributed by atoms with Crippen molar-refractivity contribution in [2.24, 2.45) is 0 Å². The van der Waals surface area contributed by atoms with Crippen LogP contribution < -0.4 is 4.74 Å². The van der Waals surface area contributed by atoms with Gasteiger partial charge < -0.3 is 14.6 Å². The highest BCUT2D eigenvalue weighted by Gasteiger charge is 2.39. The van der Waals surface area contributed by atoms with E-state index in [1.807, 2.05) is 13.0 Å². The van der Waals surface area contributed by atoms with Crippen LogP contribution in [0.15, 0.2) is 42.5 Å². The van der Waals surface area contributed by atoms with E-state index in [0.717, 1.165) is 10.9 Å². The summed E-state index contributed by atoms with van der Waals surface area (Å²) in [5.74, 6) is -1.43. The smallest absolute Gasteiger partial charge is 0.380 e. The summed E-state index contributed by atoms with van der Waals surface area (Å²) in [6.45, 7) is 4.18. The van der Waals surface area contributed by atoms with Crippen molar-refractivity contribution in [1.82, 2.24) is 10.0 Å². The Kier molecular flexibility index (Phi) is 3.92. The molecule has 0 saturated heterocycles. The van der Waals surface area contributed by atoms with Crippen molar-refractivity contribution in [3.63, 3.8) is 0 Å². The molecule has 0 saturated carbocycles. The molecule has 3 aromatic rings. The monoisotopic (exact) mass is 364 g/mol. The SMILES string of the molecule is CCOc1ccc2[nH]c(C(=O)ON3C(=O)c4ccccc4C3=O)c(C)c2c1. The first-order chi connectivity index (χ1) is 13.0. The van der Waals surface area contributed by atoms with Gasteiger partial charge in [-0.05, 0) is 49.7 Å². The van der Waals surface area contributed by atoms with Crippen molar-refractivity contribution in [2.75, 3.05) is 6.61 Å². The second kappa shape index (κ2) is 6.28. The Bertz CT molecular complexity index is 1060. The zero-order chi connectivity index (χ0) is 19.1. The highest BCUT2D eigenvalue weighted by molar-refractivity contribution is 6.21. The molecule has 1 aromatic heterocycles. The number of nitrogens with one attached hydrogen (secondary N) is 1. The molecule has 0 atom stereocenters. The molecule has 2 amide bonds. The van der Waals surface area contributed by atoms with Crippen molar-refractivity contribution in [2.45, 2.75) is 13.8 Å². The molecule has 27 heavy (non-hydrogen) atoms. The van der Waals surface area contributed by atoms with E-state index in [1.165, 1.54) is 12.1 Å². The predicted octanol–water partition coefficient (Wildman–Crippen LogP) is 3.24. The molecule has 0 unspecified atom stereocenters. The molecular weight excluding hydrogens is 348 g/mol. The van der Waals surface area contributed by atoms with Gasteiger partial charge in [-0.15, -0.1) is 0 Å². The van der Waals surface area contributed by atoms with Crippen molar-refractivity contribution in [3.05, 3.63) is 64.8 Å². The lowest BCUT2D eigenvalue weighted by Crippen LogP contribution is -2.33. The summed E-state index contributed by atoms with van der Waals surface area (Å²) in [5.41, 5.74) is 1.98. The summed E-state index contributed by atoms with van der Waals surface area (Å²) >= 11 is 0. The number of carbonyl (C=O) groups excluding carboxylic acids is 3. The normalized spacial score (nSPS) is 13.2. The minimum Gasteiger partial charge on any atom is -0.494 e. The number of amides is 2. The Hall–Kier alpha value is -3.61. The number of nitrogens with zero attached hydrogens (tertiary/aromatic N) is 1. The molecule has 0 spiro atoms. The van der Waals surface area contributed by atoms with Crippen molar-refractivity contribution >= 4 is 28.7 Å². The topological polar surface area (TPSA) is 88.7 Å². The first-order valence-electron chi connectivity index (χ1n) is 8.46.